The van der Waals surface area contributed by atoms with Crippen LogP contribution in [0, 0.1) is 0 Å². The van der Waals surface area contributed by atoms with E-state index in [1.807, 2.05) is 4.83 Å². The first-order valence-corrected chi connectivity index (χ1v) is 7.09. The standard InChI is InChI=1S/C13H12N2O4S/c16-11-7-6-10(13(17)8-11)9-14-15-20(18,19)12-4-2-1-3-5-12/h1-9,15-17H/b14-9+. The smallest absolute Gasteiger partial charge is 0.276 e. The van der Waals surface area contributed by atoms with E-state index in [-0.39, 0.29) is 22.0 Å². The van der Waals surface area contributed by atoms with Crippen molar-refractivity contribution in [3.63, 3.8) is 0 Å². The van der Waals surface area contributed by atoms with E-state index >= 15 is 0 Å². The van der Waals surface area contributed by atoms with E-state index in [1.54, 1.807) is 18.2 Å². The lowest BCUT2D eigenvalue weighted by molar-refractivity contribution is 0.450. The lowest BCUT2D eigenvalue weighted by atomic mass is 10.2. The third-order valence-electron chi connectivity index (χ3n) is 2.44. The van der Waals surface area contributed by atoms with E-state index in [2.05, 4.69) is 5.10 Å². The van der Waals surface area contributed by atoms with Gasteiger partial charge in [-0.2, -0.15) is 13.5 Å². The molecule has 0 aromatic heterocycles. The summed E-state index contributed by atoms with van der Waals surface area (Å²) >= 11 is 0. The molecule has 2 aromatic rings. The van der Waals surface area contributed by atoms with Crippen molar-refractivity contribution < 1.29 is 18.6 Å². The molecule has 0 unspecified atom stereocenters. The number of benzene rings is 2. The molecule has 0 aliphatic heterocycles. The molecule has 0 spiro atoms. The largest absolute Gasteiger partial charge is 0.508 e. The van der Waals surface area contributed by atoms with Gasteiger partial charge in [0.15, 0.2) is 0 Å². The van der Waals surface area contributed by atoms with E-state index in [0.29, 0.717) is 0 Å². The van der Waals surface area contributed by atoms with Crippen LogP contribution in [0.25, 0.3) is 0 Å². The zero-order valence-electron chi connectivity index (χ0n) is 10.3. The molecule has 20 heavy (non-hydrogen) atoms. The van der Waals surface area contributed by atoms with Crippen LogP contribution >= 0.6 is 0 Å². The summed E-state index contributed by atoms with van der Waals surface area (Å²) in [5.74, 6) is -0.294. The predicted molar refractivity (Wildman–Crippen MR) is 74.1 cm³/mol. The third kappa shape index (κ3) is 3.27. The number of aromatic hydroxyl groups is 2. The maximum absolute atomic E-state index is 11.8. The lowest BCUT2D eigenvalue weighted by Gasteiger charge is -2.03. The number of nitrogens with one attached hydrogen (secondary N) is 1. The predicted octanol–water partition coefficient (Wildman–Crippen LogP) is 1.41. The summed E-state index contributed by atoms with van der Waals surface area (Å²) in [6.07, 6.45) is 1.15. The Balaban J connectivity index is 2.14. The molecule has 2 rings (SSSR count). The highest BCUT2D eigenvalue weighted by atomic mass is 32.2. The number of phenols is 2. The van der Waals surface area contributed by atoms with Gasteiger partial charge < -0.3 is 10.2 Å². The van der Waals surface area contributed by atoms with Gasteiger partial charge in [-0.05, 0) is 24.3 Å². The minimum Gasteiger partial charge on any atom is -0.508 e. The molecule has 2 aromatic carbocycles. The summed E-state index contributed by atoms with van der Waals surface area (Å²) in [5.41, 5.74) is 0.276. The number of hydrogen-bond acceptors (Lipinski definition) is 5. The second kappa shape index (κ2) is 5.62. The fourth-order valence-corrected chi connectivity index (χ4v) is 2.27. The topological polar surface area (TPSA) is 99.0 Å². The quantitative estimate of drug-likeness (QED) is 0.586. The summed E-state index contributed by atoms with van der Waals surface area (Å²) in [6, 6.07) is 11.7. The zero-order chi connectivity index (χ0) is 14.6. The molecule has 0 saturated heterocycles. The summed E-state index contributed by atoms with van der Waals surface area (Å²) in [6.45, 7) is 0. The fourth-order valence-electron chi connectivity index (χ4n) is 1.46. The molecular formula is C13H12N2O4S. The van der Waals surface area contributed by atoms with Crippen molar-refractivity contribution in [3.05, 3.63) is 54.1 Å². The summed E-state index contributed by atoms with van der Waals surface area (Å²) in [4.78, 5) is 2.12. The van der Waals surface area contributed by atoms with Gasteiger partial charge in [-0.15, -0.1) is 0 Å². The zero-order valence-corrected chi connectivity index (χ0v) is 11.1. The molecule has 7 heteroatoms. The van der Waals surface area contributed by atoms with Crippen molar-refractivity contribution >= 4 is 16.2 Å². The fraction of sp³-hybridized carbons (Fsp3) is 0. The van der Waals surface area contributed by atoms with Crippen molar-refractivity contribution in [2.24, 2.45) is 5.10 Å². The molecule has 0 heterocycles. The number of hydrazone groups is 1. The summed E-state index contributed by atoms with van der Waals surface area (Å²) in [7, 11) is -3.73. The van der Waals surface area contributed by atoms with Crippen molar-refractivity contribution in [2.75, 3.05) is 0 Å². The minimum absolute atomic E-state index is 0.0899. The van der Waals surface area contributed by atoms with Crippen LogP contribution in [0.15, 0.2) is 58.5 Å². The molecule has 0 bridgehead atoms. The first kappa shape index (κ1) is 13.9. The highest BCUT2D eigenvalue weighted by molar-refractivity contribution is 7.89. The van der Waals surface area contributed by atoms with E-state index < -0.39 is 10.0 Å². The molecule has 0 amide bonds. The SMILES string of the molecule is O=S(=O)(N/N=C/c1ccc(O)cc1O)c1ccccc1. The van der Waals surface area contributed by atoms with Crippen LogP contribution in [0.1, 0.15) is 5.56 Å². The highest BCUT2D eigenvalue weighted by Crippen LogP contribution is 2.20. The van der Waals surface area contributed by atoms with Crippen LogP contribution in [0.5, 0.6) is 11.5 Å². The number of hydrogen-bond donors (Lipinski definition) is 3. The van der Waals surface area contributed by atoms with Crippen LogP contribution in [-0.2, 0) is 10.0 Å². The second-order valence-electron chi connectivity index (χ2n) is 3.91. The molecule has 0 atom stereocenters. The van der Waals surface area contributed by atoms with E-state index in [4.69, 9.17) is 5.11 Å². The van der Waals surface area contributed by atoms with Gasteiger partial charge in [-0.1, -0.05) is 18.2 Å². The Labute approximate surface area is 116 Å². The summed E-state index contributed by atoms with van der Waals surface area (Å²) in [5, 5.41) is 22.2. The van der Waals surface area contributed by atoms with Gasteiger partial charge in [0.25, 0.3) is 10.0 Å². The van der Waals surface area contributed by atoms with Gasteiger partial charge in [0.05, 0.1) is 11.1 Å². The number of nitrogens with zero attached hydrogens (tertiary/aromatic N) is 1. The first-order chi connectivity index (χ1) is 9.49. The van der Waals surface area contributed by atoms with Gasteiger partial charge in [-0.25, -0.2) is 4.83 Å². The Hall–Kier alpha value is -2.54. The van der Waals surface area contributed by atoms with Crippen molar-refractivity contribution in [3.8, 4) is 11.5 Å². The minimum atomic E-state index is -3.73. The number of rotatable bonds is 4. The molecule has 0 aliphatic carbocycles. The third-order valence-corrected chi connectivity index (χ3v) is 3.68. The van der Waals surface area contributed by atoms with Gasteiger partial charge in [0.1, 0.15) is 11.5 Å². The Kier molecular flexibility index (Phi) is 3.90. The molecule has 3 N–H and O–H groups in total. The number of sulfonamides is 1. The first-order valence-electron chi connectivity index (χ1n) is 5.61. The van der Waals surface area contributed by atoms with Crippen molar-refractivity contribution in [2.45, 2.75) is 4.90 Å². The van der Waals surface area contributed by atoms with Crippen LogP contribution in [0.2, 0.25) is 0 Å². The van der Waals surface area contributed by atoms with E-state index in [9.17, 15) is 13.5 Å². The lowest BCUT2D eigenvalue weighted by Crippen LogP contribution is -2.18. The van der Waals surface area contributed by atoms with Gasteiger partial charge in [-0.3, -0.25) is 0 Å². The van der Waals surface area contributed by atoms with Crippen LogP contribution in [-0.4, -0.2) is 24.8 Å². The molecule has 0 radical (unpaired) electrons. The van der Waals surface area contributed by atoms with Crippen molar-refractivity contribution in [1.82, 2.24) is 4.83 Å². The maximum Gasteiger partial charge on any atom is 0.276 e. The Morgan fingerprint density at radius 3 is 2.40 bits per heavy atom. The van der Waals surface area contributed by atoms with Crippen LogP contribution < -0.4 is 4.83 Å². The van der Waals surface area contributed by atoms with Gasteiger partial charge in [0, 0.05) is 11.6 Å². The Morgan fingerprint density at radius 1 is 1.05 bits per heavy atom. The summed E-state index contributed by atoms with van der Waals surface area (Å²) < 4.78 is 23.7. The van der Waals surface area contributed by atoms with Crippen LogP contribution in [0.4, 0.5) is 0 Å². The average Bonchev–Trinajstić information content (AvgIpc) is 2.42. The Morgan fingerprint density at radius 2 is 1.75 bits per heavy atom. The normalized spacial score (nSPS) is 11.6. The molecule has 0 saturated carbocycles. The molecule has 0 fully saturated rings. The van der Waals surface area contributed by atoms with Gasteiger partial charge in [0.2, 0.25) is 0 Å². The molecular weight excluding hydrogens is 280 g/mol. The van der Waals surface area contributed by atoms with Gasteiger partial charge >= 0.3 is 0 Å². The Bertz CT molecular complexity index is 727. The van der Waals surface area contributed by atoms with Crippen molar-refractivity contribution in [1.29, 1.82) is 0 Å². The maximum atomic E-state index is 11.8. The number of phenolic OH excluding ortho intramolecular Hbond substituents is 2. The second-order valence-corrected chi connectivity index (χ2v) is 5.57. The van der Waals surface area contributed by atoms with E-state index in [1.165, 1.54) is 24.3 Å². The molecule has 6 nitrogen and oxygen atoms in total. The molecule has 104 valence electrons. The van der Waals surface area contributed by atoms with E-state index in [0.717, 1.165) is 12.3 Å². The van der Waals surface area contributed by atoms with Crippen LogP contribution in [0.3, 0.4) is 0 Å². The average molecular weight is 292 g/mol. The monoisotopic (exact) mass is 292 g/mol. The highest BCUT2D eigenvalue weighted by Gasteiger charge is 2.11. The molecule has 0 aliphatic rings.